The Hall–Kier alpha value is -0.480. The van der Waals surface area contributed by atoms with E-state index >= 15 is 0 Å². The molecule has 0 heterocycles. The summed E-state index contributed by atoms with van der Waals surface area (Å²) in [5, 5.41) is 0. The molecule has 0 aromatic heterocycles. The number of rotatable bonds is 3. The molecule has 0 aromatic carbocycles. The molecule has 0 radical (unpaired) electrons. The summed E-state index contributed by atoms with van der Waals surface area (Å²) < 4.78 is 0. The number of carbonyl (C=O) groups is 1. The minimum atomic E-state index is -0.963. The van der Waals surface area contributed by atoms with Gasteiger partial charge in [0.2, 0.25) is 0 Å². The van der Waals surface area contributed by atoms with Crippen molar-refractivity contribution in [2.75, 3.05) is 12.5 Å². The molecule has 0 aromatic rings. The van der Waals surface area contributed by atoms with E-state index in [0.717, 1.165) is 0 Å². The van der Waals surface area contributed by atoms with Gasteiger partial charge in [-0.25, -0.2) is 4.79 Å². The first-order chi connectivity index (χ1) is 3.77. The van der Waals surface area contributed by atoms with Gasteiger partial charge in [0.1, 0.15) is 6.61 Å². The van der Waals surface area contributed by atoms with Gasteiger partial charge in [-0.05, 0) is 0 Å². The normalized spacial score (nSPS) is 8.62. The van der Waals surface area contributed by atoms with Crippen LogP contribution in [0, 0.1) is 0 Å². The van der Waals surface area contributed by atoms with Crippen molar-refractivity contribution >= 4 is 17.7 Å². The number of halogens is 1. The fourth-order valence-electron chi connectivity index (χ4n) is 0.131. The lowest BCUT2D eigenvalue weighted by Crippen LogP contribution is -2.13. The molecule has 0 aliphatic carbocycles. The predicted octanol–water partition coefficient (Wildman–Crippen LogP) is 0.252. The van der Waals surface area contributed by atoms with Crippen LogP contribution in [-0.2, 0) is 9.78 Å². The lowest BCUT2D eigenvalue weighted by molar-refractivity contribution is -0.231. The largest absolute Gasteiger partial charge is 0.436 e. The van der Waals surface area contributed by atoms with Crippen molar-refractivity contribution in [2.24, 2.45) is 5.73 Å². The number of hydrogen-bond donors (Lipinski definition) is 1. The van der Waals surface area contributed by atoms with Crippen molar-refractivity contribution in [1.82, 2.24) is 0 Å². The summed E-state index contributed by atoms with van der Waals surface area (Å²) in [7, 11) is 0. The zero-order chi connectivity index (χ0) is 6.41. The van der Waals surface area contributed by atoms with Crippen molar-refractivity contribution < 1.29 is 14.6 Å². The number of primary amides is 1. The molecule has 4 nitrogen and oxygen atoms in total. The van der Waals surface area contributed by atoms with E-state index in [9.17, 15) is 4.79 Å². The lowest BCUT2D eigenvalue weighted by atomic mass is 10.9. The number of nitrogens with two attached hydrogens (primary N) is 1. The maximum absolute atomic E-state index is 9.71. The summed E-state index contributed by atoms with van der Waals surface area (Å²) in [6.45, 7) is 0.157. The first-order valence-electron chi connectivity index (χ1n) is 1.92. The highest BCUT2D eigenvalue weighted by atomic mass is 35.5. The van der Waals surface area contributed by atoms with Crippen LogP contribution in [0.5, 0.6) is 0 Å². The molecule has 0 bridgehead atoms. The first-order valence-corrected chi connectivity index (χ1v) is 2.45. The second-order valence-corrected chi connectivity index (χ2v) is 1.29. The van der Waals surface area contributed by atoms with Gasteiger partial charge in [0, 0.05) is 0 Å². The maximum Gasteiger partial charge on any atom is 0.436 e. The molecule has 2 N–H and O–H groups in total. The van der Waals surface area contributed by atoms with Crippen LogP contribution < -0.4 is 5.73 Å². The first kappa shape index (κ1) is 7.52. The van der Waals surface area contributed by atoms with Crippen LogP contribution in [0.2, 0.25) is 0 Å². The topological polar surface area (TPSA) is 61.6 Å². The van der Waals surface area contributed by atoms with Crippen LogP contribution >= 0.6 is 11.6 Å². The maximum atomic E-state index is 9.71. The third-order valence-corrected chi connectivity index (χ3v) is 0.456. The average molecular weight is 140 g/mol. The molecule has 0 atom stereocenters. The van der Waals surface area contributed by atoms with E-state index in [2.05, 4.69) is 15.5 Å². The highest BCUT2D eigenvalue weighted by Gasteiger charge is 1.90. The summed E-state index contributed by atoms with van der Waals surface area (Å²) in [6.07, 6.45) is -0.963. The zero-order valence-electron chi connectivity index (χ0n) is 4.09. The fraction of sp³-hybridized carbons (Fsp3) is 0.667. The van der Waals surface area contributed by atoms with E-state index in [1.165, 1.54) is 0 Å². The molecule has 0 rings (SSSR count). The van der Waals surface area contributed by atoms with Crippen LogP contribution in [0.4, 0.5) is 4.79 Å². The predicted molar refractivity (Wildman–Crippen MR) is 27.3 cm³/mol. The minimum Gasteiger partial charge on any atom is -0.333 e. The van der Waals surface area contributed by atoms with Gasteiger partial charge >= 0.3 is 6.09 Å². The van der Waals surface area contributed by atoms with E-state index in [0.29, 0.717) is 0 Å². The third-order valence-electron chi connectivity index (χ3n) is 0.302. The average Bonchev–Trinajstić information content (AvgIpc) is 1.66. The Morgan fingerprint density at radius 3 is 2.75 bits per heavy atom. The highest BCUT2D eigenvalue weighted by Crippen LogP contribution is 1.79. The molecule has 48 valence electrons. The molecule has 5 heteroatoms. The van der Waals surface area contributed by atoms with Gasteiger partial charge in [-0.1, -0.05) is 0 Å². The Morgan fingerprint density at radius 2 is 2.38 bits per heavy atom. The van der Waals surface area contributed by atoms with E-state index in [1.54, 1.807) is 0 Å². The monoisotopic (exact) mass is 139 g/mol. The Balaban J connectivity index is 2.82. The van der Waals surface area contributed by atoms with Crippen molar-refractivity contribution in [2.45, 2.75) is 0 Å². The molecule has 0 aliphatic rings. The van der Waals surface area contributed by atoms with Gasteiger partial charge in [-0.3, -0.25) is 4.89 Å². The van der Waals surface area contributed by atoms with Gasteiger partial charge in [0.15, 0.2) is 0 Å². The molecule has 0 aliphatic heterocycles. The van der Waals surface area contributed by atoms with Gasteiger partial charge < -0.3 is 5.73 Å². The van der Waals surface area contributed by atoms with Crippen LogP contribution in [0.1, 0.15) is 0 Å². The van der Waals surface area contributed by atoms with Crippen LogP contribution in [-0.4, -0.2) is 18.6 Å². The molecular weight excluding hydrogens is 133 g/mol. The van der Waals surface area contributed by atoms with Crippen molar-refractivity contribution in [3.63, 3.8) is 0 Å². The summed E-state index contributed by atoms with van der Waals surface area (Å²) in [5.74, 6) is 0.271. The molecule has 8 heavy (non-hydrogen) atoms. The molecule has 0 spiro atoms. The Bertz CT molecular complexity index is 76.9. The van der Waals surface area contributed by atoms with Gasteiger partial charge in [-0.15, -0.1) is 11.6 Å². The Kier molecular flexibility index (Phi) is 4.39. The highest BCUT2D eigenvalue weighted by molar-refractivity contribution is 6.17. The van der Waals surface area contributed by atoms with E-state index < -0.39 is 6.09 Å². The summed E-state index contributed by atoms with van der Waals surface area (Å²) >= 11 is 5.13. The van der Waals surface area contributed by atoms with Crippen LogP contribution in [0.3, 0.4) is 0 Å². The van der Waals surface area contributed by atoms with E-state index in [4.69, 9.17) is 11.6 Å². The molecule has 0 saturated heterocycles. The lowest BCUT2D eigenvalue weighted by Gasteiger charge is -1.94. The third kappa shape index (κ3) is 5.52. The van der Waals surface area contributed by atoms with Crippen molar-refractivity contribution in [1.29, 1.82) is 0 Å². The SMILES string of the molecule is NC(=O)OOCCCl. The fourth-order valence-corrected chi connectivity index (χ4v) is 0.194. The van der Waals surface area contributed by atoms with E-state index in [1.807, 2.05) is 0 Å². The number of alkyl halides is 1. The van der Waals surface area contributed by atoms with Crippen LogP contribution in [0.15, 0.2) is 0 Å². The number of amides is 1. The Morgan fingerprint density at radius 1 is 1.75 bits per heavy atom. The number of carbonyl (C=O) groups excluding carboxylic acids is 1. The molecule has 0 fully saturated rings. The molecular formula is C3H6ClNO3. The second-order valence-electron chi connectivity index (χ2n) is 0.913. The summed E-state index contributed by atoms with van der Waals surface area (Å²) in [5.41, 5.74) is 4.50. The summed E-state index contributed by atoms with van der Waals surface area (Å²) in [6, 6.07) is 0. The minimum absolute atomic E-state index is 0.157. The van der Waals surface area contributed by atoms with Gasteiger partial charge in [-0.2, -0.15) is 4.89 Å². The van der Waals surface area contributed by atoms with Crippen LogP contribution in [0.25, 0.3) is 0 Å². The standard InChI is InChI=1S/C3H6ClNO3/c4-1-2-7-8-3(5)6/h1-2H2,(H2,5,6). The zero-order valence-corrected chi connectivity index (χ0v) is 4.85. The molecule has 0 saturated carbocycles. The van der Waals surface area contributed by atoms with Gasteiger partial charge in [0.25, 0.3) is 0 Å². The Labute approximate surface area is 51.4 Å². The molecule has 1 amide bonds. The number of hydrogen-bond acceptors (Lipinski definition) is 3. The molecule has 0 unspecified atom stereocenters. The van der Waals surface area contributed by atoms with E-state index in [-0.39, 0.29) is 12.5 Å². The van der Waals surface area contributed by atoms with Crippen molar-refractivity contribution in [3.8, 4) is 0 Å². The summed E-state index contributed by atoms with van der Waals surface area (Å²) in [4.78, 5) is 17.7. The second kappa shape index (κ2) is 4.67. The smallest absolute Gasteiger partial charge is 0.333 e. The van der Waals surface area contributed by atoms with Gasteiger partial charge in [0.05, 0.1) is 5.88 Å². The quantitative estimate of drug-likeness (QED) is 0.264. The van der Waals surface area contributed by atoms with Crippen molar-refractivity contribution in [3.05, 3.63) is 0 Å².